The average Bonchev–Trinajstić information content (AvgIpc) is 2.97. The largest absolute Gasteiger partial charge is 0.442 e. The normalized spacial score (nSPS) is 10.6. The number of benzene rings is 2. The van der Waals surface area contributed by atoms with Crippen LogP contribution in [0.2, 0.25) is 0 Å². The highest BCUT2D eigenvalue weighted by Gasteiger charge is 2.24. The number of hydrogen-bond acceptors (Lipinski definition) is 4. The second-order valence-electron chi connectivity index (χ2n) is 5.61. The van der Waals surface area contributed by atoms with Gasteiger partial charge in [-0.05, 0) is 47.2 Å². The number of nitrogens with zero attached hydrogens (tertiary/aromatic N) is 1. The summed E-state index contributed by atoms with van der Waals surface area (Å²) in [4.78, 5) is 24.1. The highest BCUT2D eigenvalue weighted by molar-refractivity contribution is 7.99. The van der Waals surface area contributed by atoms with Gasteiger partial charge in [0, 0.05) is 17.8 Å². The number of hydrogen-bond donors (Lipinski definition) is 2. The third kappa shape index (κ3) is 4.00. The van der Waals surface area contributed by atoms with Crippen LogP contribution in [0, 0.1) is 13.8 Å². The summed E-state index contributed by atoms with van der Waals surface area (Å²) in [5.41, 5.74) is 3.16. The van der Waals surface area contributed by atoms with E-state index in [2.05, 4.69) is 10.6 Å². The molecule has 0 atom stereocenters. The van der Waals surface area contributed by atoms with E-state index in [4.69, 9.17) is 4.52 Å². The summed E-state index contributed by atoms with van der Waals surface area (Å²) >= 11 is 1.12. The predicted molar refractivity (Wildman–Crippen MR) is 96.1 cm³/mol. The van der Waals surface area contributed by atoms with Crippen molar-refractivity contribution in [3.63, 3.8) is 0 Å². The quantitative estimate of drug-likeness (QED) is 0.544. The van der Waals surface area contributed by atoms with Crippen molar-refractivity contribution in [1.82, 2.24) is 5.27 Å². The zero-order valence-corrected chi connectivity index (χ0v) is 14.7. The van der Waals surface area contributed by atoms with Crippen LogP contribution in [0.5, 0.6) is 0 Å². The van der Waals surface area contributed by atoms with Gasteiger partial charge in [-0.25, -0.2) is 4.79 Å². The van der Waals surface area contributed by atoms with Crippen LogP contribution in [0.15, 0.2) is 62.9 Å². The van der Waals surface area contributed by atoms with Crippen LogP contribution < -0.4 is 15.6 Å². The van der Waals surface area contributed by atoms with Crippen molar-refractivity contribution in [2.24, 2.45) is 0 Å². The maximum Gasteiger partial charge on any atom is 0.442 e. The van der Waals surface area contributed by atoms with Gasteiger partial charge in [0.05, 0.1) is 5.75 Å². The number of carbonyl (C=O) groups is 1. The molecule has 25 heavy (non-hydrogen) atoms. The lowest BCUT2D eigenvalue weighted by atomic mass is 10.1. The van der Waals surface area contributed by atoms with Gasteiger partial charge in [0.25, 0.3) is 0 Å². The van der Waals surface area contributed by atoms with Crippen LogP contribution in [0.4, 0.5) is 5.69 Å². The maximum absolute atomic E-state index is 12.2. The molecular weight excluding hydrogens is 338 g/mol. The molecular formula is C18H18N3O3S+. The highest BCUT2D eigenvalue weighted by Crippen LogP contribution is 2.17. The van der Waals surface area contributed by atoms with Gasteiger partial charge >= 0.3 is 10.7 Å². The Balaban J connectivity index is 1.71. The fourth-order valence-electron chi connectivity index (χ4n) is 2.41. The molecule has 1 amide bonds. The predicted octanol–water partition coefficient (Wildman–Crippen LogP) is 2.59. The number of rotatable bonds is 5. The van der Waals surface area contributed by atoms with Gasteiger partial charge in [0.15, 0.2) is 0 Å². The van der Waals surface area contributed by atoms with Gasteiger partial charge in [-0.3, -0.25) is 9.32 Å². The van der Waals surface area contributed by atoms with Crippen molar-refractivity contribution in [3.8, 4) is 5.69 Å². The molecule has 0 bridgehead atoms. The lowest BCUT2D eigenvalue weighted by molar-refractivity contribution is -0.704. The average molecular weight is 356 g/mol. The summed E-state index contributed by atoms with van der Waals surface area (Å²) in [6.45, 7) is 3.95. The first kappa shape index (κ1) is 17.0. The highest BCUT2D eigenvalue weighted by atomic mass is 32.2. The van der Waals surface area contributed by atoms with Crippen LogP contribution in [0.1, 0.15) is 11.1 Å². The van der Waals surface area contributed by atoms with Crippen LogP contribution in [0.25, 0.3) is 5.69 Å². The van der Waals surface area contributed by atoms with E-state index in [9.17, 15) is 9.59 Å². The minimum absolute atomic E-state index is 0.1000. The molecule has 0 spiro atoms. The van der Waals surface area contributed by atoms with Gasteiger partial charge < -0.3 is 5.32 Å². The van der Waals surface area contributed by atoms with Gasteiger partial charge in [-0.1, -0.05) is 35.9 Å². The summed E-state index contributed by atoms with van der Waals surface area (Å²) in [5, 5.41) is 5.74. The van der Waals surface area contributed by atoms with E-state index in [1.54, 1.807) is 0 Å². The Morgan fingerprint density at radius 1 is 1.20 bits per heavy atom. The Kier molecular flexibility index (Phi) is 5.04. The molecule has 0 aliphatic heterocycles. The molecule has 0 aliphatic carbocycles. The number of aryl methyl sites for hydroxylation is 2. The van der Waals surface area contributed by atoms with Crippen LogP contribution in [-0.2, 0) is 4.79 Å². The number of carbonyl (C=O) groups excluding carboxylic acids is 1. The fraction of sp³-hybridized carbons (Fsp3) is 0.167. The monoisotopic (exact) mass is 356 g/mol. The number of aromatic nitrogens is 2. The lowest BCUT2D eigenvalue weighted by Gasteiger charge is -2.08. The minimum Gasteiger partial charge on any atom is -0.325 e. The molecule has 2 N–H and O–H groups in total. The van der Waals surface area contributed by atoms with Crippen LogP contribution in [0.3, 0.4) is 0 Å². The van der Waals surface area contributed by atoms with E-state index >= 15 is 0 Å². The summed E-state index contributed by atoms with van der Waals surface area (Å²) in [6.07, 6.45) is 0. The second kappa shape index (κ2) is 7.40. The molecule has 2 aromatic carbocycles. The Morgan fingerprint density at radius 3 is 2.68 bits per heavy atom. The van der Waals surface area contributed by atoms with E-state index < -0.39 is 5.63 Å². The first-order valence-electron chi connectivity index (χ1n) is 7.73. The smallest absolute Gasteiger partial charge is 0.325 e. The molecule has 0 radical (unpaired) electrons. The summed E-state index contributed by atoms with van der Waals surface area (Å²) in [5.74, 6) is -0.0832. The van der Waals surface area contributed by atoms with Crippen molar-refractivity contribution >= 4 is 23.4 Å². The molecule has 3 aromatic rings. The number of H-pyrrole nitrogens is 1. The van der Waals surface area contributed by atoms with Crippen molar-refractivity contribution in [2.45, 2.75) is 18.9 Å². The SMILES string of the molecule is Cc1ccc(NC(=O)CSc2c(=O)o[nH][n+]2-c2ccccc2)c(C)c1. The molecule has 0 saturated carbocycles. The van der Waals surface area contributed by atoms with Gasteiger partial charge in [0.1, 0.15) is 0 Å². The van der Waals surface area contributed by atoms with Gasteiger partial charge in [0.2, 0.25) is 11.6 Å². The van der Waals surface area contributed by atoms with E-state index in [-0.39, 0.29) is 11.7 Å². The maximum atomic E-state index is 12.2. The first-order chi connectivity index (χ1) is 12.0. The number of aromatic amines is 1. The third-order valence-electron chi connectivity index (χ3n) is 3.62. The molecule has 1 aromatic heterocycles. The molecule has 0 unspecified atom stereocenters. The number of para-hydroxylation sites is 1. The molecule has 128 valence electrons. The zero-order chi connectivity index (χ0) is 17.8. The Hall–Kier alpha value is -2.80. The molecule has 0 saturated heterocycles. The van der Waals surface area contributed by atoms with Crippen molar-refractivity contribution in [2.75, 3.05) is 11.1 Å². The van der Waals surface area contributed by atoms with E-state index in [0.29, 0.717) is 5.03 Å². The molecule has 7 heteroatoms. The summed E-state index contributed by atoms with van der Waals surface area (Å²) in [6, 6.07) is 15.1. The summed E-state index contributed by atoms with van der Waals surface area (Å²) < 4.78 is 6.39. The van der Waals surface area contributed by atoms with Gasteiger partial charge in [-0.15, -0.1) is 0 Å². The second-order valence-corrected chi connectivity index (χ2v) is 6.58. The minimum atomic E-state index is -0.506. The Morgan fingerprint density at radius 2 is 1.96 bits per heavy atom. The number of nitrogens with one attached hydrogen (secondary N) is 2. The molecule has 3 rings (SSSR count). The third-order valence-corrected chi connectivity index (χ3v) is 4.65. The van der Waals surface area contributed by atoms with E-state index in [1.165, 1.54) is 4.68 Å². The van der Waals surface area contributed by atoms with Crippen LogP contribution >= 0.6 is 11.8 Å². The lowest BCUT2D eigenvalue weighted by Crippen LogP contribution is -2.36. The Bertz CT molecular complexity index is 948. The summed E-state index contributed by atoms with van der Waals surface area (Å²) in [7, 11) is 0. The number of thioether (sulfide) groups is 1. The van der Waals surface area contributed by atoms with Crippen molar-refractivity contribution in [3.05, 3.63) is 70.1 Å². The number of anilines is 1. The topological polar surface area (TPSA) is 79.0 Å². The number of amides is 1. The first-order valence-corrected chi connectivity index (χ1v) is 8.72. The van der Waals surface area contributed by atoms with Crippen molar-refractivity contribution in [1.29, 1.82) is 0 Å². The van der Waals surface area contributed by atoms with E-state index in [1.807, 2.05) is 62.4 Å². The molecule has 1 heterocycles. The zero-order valence-electron chi connectivity index (χ0n) is 13.9. The standard InChI is InChI=1S/C18H17N3O3S/c1-12-8-9-15(13(2)10-12)19-16(22)11-25-17-18(23)24-20-21(17)14-6-4-3-5-7-14/h3-10H,11H2,1-2H3,(H-,19,20,22,23)/p+1. The van der Waals surface area contributed by atoms with Crippen LogP contribution in [-0.4, -0.2) is 16.9 Å². The molecule has 6 nitrogen and oxygen atoms in total. The van der Waals surface area contributed by atoms with Gasteiger partial charge in [-0.2, -0.15) is 0 Å². The van der Waals surface area contributed by atoms with Crippen molar-refractivity contribution < 1.29 is 14.0 Å². The Labute approximate surface area is 148 Å². The molecule has 0 aliphatic rings. The molecule has 0 fully saturated rings. The fourth-order valence-corrected chi connectivity index (χ4v) is 3.18. The van der Waals surface area contributed by atoms with E-state index in [0.717, 1.165) is 34.3 Å².